The molecule has 96 valence electrons. The fourth-order valence-corrected chi connectivity index (χ4v) is 1.87. The molecule has 2 aromatic rings. The van der Waals surface area contributed by atoms with Crippen LogP contribution in [0.4, 0.5) is 0 Å². The number of fused-ring (bicyclic) bond motifs is 1. The summed E-state index contributed by atoms with van der Waals surface area (Å²) < 4.78 is 5.18. The van der Waals surface area contributed by atoms with E-state index in [9.17, 15) is 15.0 Å². The van der Waals surface area contributed by atoms with Crippen LogP contribution in [0.2, 0.25) is 0 Å². The second-order valence-electron chi connectivity index (χ2n) is 4.54. The molecule has 0 unspecified atom stereocenters. The van der Waals surface area contributed by atoms with Crippen LogP contribution in [0.25, 0.3) is 11.0 Å². The van der Waals surface area contributed by atoms with Crippen molar-refractivity contribution in [1.82, 2.24) is 4.90 Å². The summed E-state index contributed by atoms with van der Waals surface area (Å²) in [5, 5.41) is 20.1. The van der Waals surface area contributed by atoms with Gasteiger partial charge in [-0.05, 0) is 33.2 Å². The predicted molar refractivity (Wildman–Crippen MR) is 67.9 cm³/mol. The molecular formula is C13H15NO4. The van der Waals surface area contributed by atoms with Crippen LogP contribution < -0.4 is 5.63 Å². The lowest BCUT2D eigenvalue weighted by atomic mass is 10.1. The number of hydrogen-bond acceptors (Lipinski definition) is 5. The highest BCUT2D eigenvalue weighted by Gasteiger charge is 2.16. The largest absolute Gasteiger partial charge is 0.508 e. The Bertz CT molecular complexity index is 658. The van der Waals surface area contributed by atoms with Crippen LogP contribution in [0.1, 0.15) is 11.1 Å². The second-order valence-corrected chi connectivity index (χ2v) is 4.54. The zero-order chi connectivity index (χ0) is 13.4. The van der Waals surface area contributed by atoms with E-state index in [2.05, 4.69) is 0 Å². The third kappa shape index (κ3) is 1.93. The van der Waals surface area contributed by atoms with Gasteiger partial charge < -0.3 is 19.5 Å². The summed E-state index contributed by atoms with van der Waals surface area (Å²) in [7, 11) is 3.59. The van der Waals surface area contributed by atoms with E-state index in [0.29, 0.717) is 17.5 Å². The molecule has 1 aromatic heterocycles. The van der Waals surface area contributed by atoms with Crippen molar-refractivity contribution < 1.29 is 14.6 Å². The number of phenols is 1. The number of aryl methyl sites for hydroxylation is 1. The number of aromatic hydroxyl groups is 2. The third-order valence-corrected chi connectivity index (χ3v) is 2.83. The molecule has 2 rings (SSSR count). The summed E-state index contributed by atoms with van der Waals surface area (Å²) in [5.74, 6) is -0.0524. The average molecular weight is 249 g/mol. The monoisotopic (exact) mass is 249 g/mol. The van der Waals surface area contributed by atoms with Crippen LogP contribution in [-0.4, -0.2) is 29.2 Å². The molecule has 5 nitrogen and oxygen atoms in total. The zero-order valence-corrected chi connectivity index (χ0v) is 10.5. The van der Waals surface area contributed by atoms with Crippen LogP contribution in [0.3, 0.4) is 0 Å². The maximum absolute atomic E-state index is 11.8. The molecule has 0 saturated carbocycles. The lowest BCUT2D eigenvalue weighted by Crippen LogP contribution is -2.18. The highest BCUT2D eigenvalue weighted by Crippen LogP contribution is 2.32. The van der Waals surface area contributed by atoms with E-state index in [4.69, 9.17) is 4.42 Å². The van der Waals surface area contributed by atoms with Gasteiger partial charge in [-0.1, -0.05) is 0 Å². The molecule has 0 amide bonds. The summed E-state index contributed by atoms with van der Waals surface area (Å²) in [5.41, 5.74) is 0.302. The molecule has 0 bridgehead atoms. The van der Waals surface area contributed by atoms with E-state index in [0.717, 1.165) is 0 Å². The molecule has 18 heavy (non-hydrogen) atoms. The van der Waals surface area contributed by atoms with Crippen molar-refractivity contribution in [3.05, 3.63) is 33.7 Å². The highest BCUT2D eigenvalue weighted by molar-refractivity contribution is 5.87. The summed E-state index contributed by atoms with van der Waals surface area (Å²) in [6.45, 7) is 1.93. The zero-order valence-electron chi connectivity index (χ0n) is 10.5. The first-order chi connectivity index (χ1) is 8.41. The Balaban J connectivity index is 2.80. The van der Waals surface area contributed by atoms with Crippen molar-refractivity contribution in [3.63, 3.8) is 0 Å². The molecule has 0 spiro atoms. The Morgan fingerprint density at radius 1 is 1.28 bits per heavy atom. The van der Waals surface area contributed by atoms with Crippen LogP contribution in [0, 0.1) is 6.92 Å². The van der Waals surface area contributed by atoms with Gasteiger partial charge in [0.25, 0.3) is 0 Å². The van der Waals surface area contributed by atoms with Gasteiger partial charge in [0.1, 0.15) is 17.1 Å². The smallest absolute Gasteiger partial charge is 0.344 e. The van der Waals surface area contributed by atoms with E-state index in [1.807, 2.05) is 0 Å². The lowest BCUT2D eigenvalue weighted by molar-refractivity contribution is 0.373. The predicted octanol–water partition coefficient (Wildman–Crippen LogP) is 1.57. The van der Waals surface area contributed by atoms with Crippen molar-refractivity contribution in [2.75, 3.05) is 14.1 Å². The summed E-state index contributed by atoms with van der Waals surface area (Å²) in [4.78, 5) is 13.6. The first kappa shape index (κ1) is 12.4. The minimum Gasteiger partial charge on any atom is -0.508 e. The van der Waals surface area contributed by atoms with E-state index < -0.39 is 5.63 Å². The van der Waals surface area contributed by atoms with E-state index >= 15 is 0 Å². The maximum atomic E-state index is 11.8. The summed E-state index contributed by atoms with van der Waals surface area (Å²) in [6, 6.07) is 3.01. The normalized spacial score (nSPS) is 11.3. The molecule has 1 aromatic carbocycles. The lowest BCUT2D eigenvalue weighted by Gasteiger charge is -2.12. The van der Waals surface area contributed by atoms with Crippen LogP contribution in [0.15, 0.2) is 21.3 Å². The average Bonchev–Trinajstić information content (AvgIpc) is 2.29. The van der Waals surface area contributed by atoms with Crippen molar-refractivity contribution >= 4 is 11.0 Å². The Hall–Kier alpha value is -2.01. The van der Waals surface area contributed by atoms with Gasteiger partial charge in [0.15, 0.2) is 0 Å². The minimum atomic E-state index is -0.581. The fraction of sp³-hybridized carbons (Fsp3) is 0.308. The second kappa shape index (κ2) is 4.34. The molecule has 1 heterocycles. The molecule has 0 radical (unpaired) electrons. The van der Waals surface area contributed by atoms with Gasteiger partial charge in [0.05, 0.1) is 10.9 Å². The number of rotatable bonds is 2. The van der Waals surface area contributed by atoms with Crippen LogP contribution in [-0.2, 0) is 6.54 Å². The fourth-order valence-electron chi connectivity index (χ4n) is 1.87. The van der Waals surface area contributed by atoms with E-state index in [-0.39, 0.29) is 22.6 Å². The Kier molecular flexibility index (Phi) is 3.00. The van der Waals surface area contributed by atoms with Gasteiger partial charge in [-0.2, -0.15) is 0 Å². The van der Waals surface area contributed by atoms with Gasteiger partial charge in [-0.25, -0.2) is 4.79 Å². The standard InChI is InChI=1S/C13H15NO4/c1-7-10(15)5-4-8-11(16)9(6-14(2)3)13(17)18-12(7)8/h4-5,15-16H,6H2,1-3H3. The quantitative estimate of drug-likeness (QED) is 0.790. The molecule has 0 aliphatic rings. The van der Waals surface area contributed by atoms with E-state index in [1.54, 1.807) is 25.9 Å². The van der Waals surface area contributed by atoms with Gasteiger partial charge in [-0.3, -0.25) is 0 Å². The number of phenolic OH excluding ortho intramolecular Hbond substituents is 1. The Morgan fingerprint density at radius 3 is 2.56 bits per heavy atom. The molecule has 0 aliphatic carbocycles. The molecule has 0 aliphatic heterocycles. The van der Waals surface area contributed by atoms with Gasteiger partial charge in [-0.15, -0.1) is 0 Å². The Morgan fingerprint density at radius 2 is 1.94 bits per heavy atom. The van der Waals surface area contributed by atoms with Crippen molar-refractivity contribution in [2.24, 2.45) is 0 Å². The van der Waals surface area contributed by atoms with E-state index in [1.165, 1.54) is 12.1 Å². The SMILES string of the molecule is Cc1c(O)ccc2c(O)c(CN(C)C)c(=O)oc12. The van der Waals surface area contributed by atoms with Gasteiger partial charge in [0, 0.05) is 12.1 Å². The summed E-state index contributed by atoms with van der Waals surface area (Å²) >= 11 is 0. The molecule has 2 N–H and O–H groups in total. The maximum Gasteiger partial charge on any atom is 0.344 e. The van der Waals surface area contributed by atoms with Gasteiger partial charge in [0.2, 0.25) is 0 Å². The van der Waals surface area contributed by atoms with Crippen molar-refractivity contribution in [1.29, 1.82) is 0 Å². The molecule has 5 heteroatoms. The highest BCUT2D eigenvalue weighted by atomic mass is 16.4. The molecule has 0 fully saturated rings. The Labute approximate surface area is 104 Å². The molecular weight excluding hydrogens is 234 g/mol. The topological polar surface area (TPSA) is 73.9 Å². The van der Waals surface area contributed by atoms with Crippen LogP contribution in [0.5, 0.6) is 11.5 Å². The number of hydrogen-bond donors (Lipinski definition) is 2. The number of nitrogens with zero attached hydrogens (tertiary/aromatic N) is 1. The first-order valence-electron chi connectivity index (χ1n) is 5.53. The summed E-state index contributed by atoms with van der Waals surface area (Å²) in [6.07, 6.45) is 0. The molecule has 0 atom stereocenters. The third-order valence-electron chi connectivity index (χ3n) is 2.83. The van der Waals surface area contributed by atoms with Crippen molar-refractivity contribution in [3.8, 4) is 11.5 Å². The molecule has 0 saturated heterocycles. The van der Waals surface area contributed by atoms with Gasteiger partial charge >= 0.3 is 5.63 Å². The van der Waals surface area contributed by atoms with Crippen molar-refractivity contribution in [2.45, 2.75) is 13.5 Å². The minimum absolute atomic E-state index is 0.0328. The van der Waals surface area contributed by atoms with Crippen LogP contribution >= 0.6 is 0 Å². The number of benzene rings is 1. The first-order valence-corrected chi connectivity index (χ1v) is 5.53.